The van der Waals surface area contributed by atoms with Crippen molar-refractivity contribution in [3.63, 3.8) is 0 Å². The smallest absolute Gasteiger partial charge is 0.323 e. The van der Waals surface area contributed by atoms with E-state index in [4.69, 9.17) is 0 Å². The van der Waals surface area contributed by atoms with Gasteiger partial charge in [-0.05, 0) is 43.9 Å². The highest BCUT2D eigenvalue weighted by Crippen LogP contribution is 2.43. The van der Waals surface area contributed by atoms with E-state index in [0.29, 0.717) is 31.7 Å². The maximum atomic E-state index is 13.2. The van der Waals surface area contributed by atoms with E-state index in [1.807, 2.05) is 6.92 Å². The third-order valence-corrected chi connectivity index (χ3v) is 8.70. The molecule has 8 heteroatoms. The Kier molecular flexibility index (Phi) is 5.36. The average Bonchev–Trinajstić information content (AvgIpc) is 3.03. The maximum Gasteiger partial charge on any atom is 0.329 e. The first kappa shape index (κ1) is 20.6. The van der Waals surface area contributed by atoms with Crippen molar-refractivity contribution < 1.29 is 22.9 Å². The molecule has 0 radical (unpaired) electrons. The highest BCUT2D eigenvalue weighted by atomic mass is 32.2. The molecular weight excluding hydrogens is 366 g/mol. The molecule has 2 heterocycles. The fourth-order valence-electron chi connectivity index (χ4n) is 4.98. The maximum absolute atomic E-state index is 13.2. The fourth-order valence-corrected chi connectivity index (χ4v) is 6.81. The van der Waals surface area contributed by atoms with Crippen LogP contribution in [0.3, 0.4) is 0 Å². The molecule has 3 aliphatic rings. The molecule has 1 aliphatic carbocycles. The van der Waals surface area contributed by atoms with E-state index in [2.05, 4.69) is 26.1 Å². The third kappa shape index (κ3) is 4.01. The third-order valence-electron chi connectivity index (χ3n) is 6.93. The van der Waals surface area contributed by atoms with Crippen molar-refractivity contribution in [1.82, 2.24) is 10.2 Å². The molecule has 27 heavy (non-hydrogen) atoms. The number of rotatable bonds is 4. The lowest BCUT2D eigenvalue weighted by Gasteiger charge is -2.40. The molecular formula is C19H34N3O4S+. The molecule has 2 saturated heterocycles. The summed E-state index contributed by atoms with van der Waals surface area (Å²) in [5.74, 6) is 0.799. The number of hydrogen-bond acceptors (Lipinski definition) is 4. The number of nitrogens with zero attached hydrogens (tertiary/aromatic N) is 1. The van der Waals surface area contributed by atoms with Gasteiger partial charge in [0.15, 0.2) is 16.5 Å². The van der Waals surface area contributed by atoms with E-state index in [9.17, 15) is 18.0 Å². The molecule has 7 nitrogen and oxygen atoms in total. The normalized spacial score (nSPS) is 34.9. The molecule has 1 saturated carbocycles. The van der Waals surface area contributed by atoms with Crippen molar-refractivity contribution in [3.05, 3.63) is 0 Å². The summed E-state index contributed by atoms with van der Waals surface area (Å²) in [6, 6.07) is -0.352. The van der Waals surface area contributed by atoms with Crippen molar-refractivity contribution in [1.29, 1.82) is 0 Å². The van der Waals surface area contributed by atoms with E-state index >= 15 is 0 Å². The van der Waals surface area contributed by atoms with Crippen molar-refractivity contribution in [3.8, 4) is 0 Å². The van der Waals surface area contributed by atoms with Crippen molar-refractivity contribution in [2.75, 3.05) is 24.7 Å². The summed E-state index contributed by atoms with van der Waals surface area (Å²) >= 11 is 0. The summed E-state index contributed by atoms with van der Waals surface area (Å²) in [5.41, 5.74) is -0.538. The Hall–Kier alpha value is -1.15. The number of hydrogen-bond donors (Lipinski definition) is 2. The Labute approximate surface area is 162 Å². The number of amides is 3. The molecule has 3 fully saturated rings. The van der Waals surface area contributed by atoms with Gasteiger partial charge in [-0.15, -0.1) is 0 Å². The van der Waals surface area contributed by atoms with Crippen molar-refractivity contribution >= 4 is 21.8 Å². The van der Waals surface area contributed by atoms with Gasteiger partial charge in [0.05, 0.1) is 12.3 Å². The lowest BCUT2D eigenvalue weighted by Crippen LogP contribution is -3.17. The summed E-state index contributed by atoms with van der Waals surface area (Å²) in [6.07, 6.45) is 3.86. The number of carbonyl (C=O) groups is 2. The topological polar surface area (TPSA) is 88.0 Å². The van der Waals surface area contributed by atoms with E-state index in [0.717, 1.165) is 17.7 Å². The first-order valence-electron chi connectivity index (χ1n) is 10.2. The highest BCUT2D eigenvalue weighted by Gasteiger charge is 2.54. The second-order valence-corrected chi connectivity index (χ2v) is 11.9. The molecule has 0 aromatic carbocycles. The first-order chi connectivity index (χ1) is 12.5. The van der Waals surface area contributed by atoms with Crippen LogP contribution in [-0.2, 0) is 14.6 Å². The van der Waals surface area contributed by atoms with E-state index in [-0.39, 0.29) is 41.6 Å². The highest BCUT2D eigenvalue weighted by molar-refractivity contribution is 7.91. The van der Waals surface area contributed by atoms with Crippen LogP contribution in [0.2, 0.25) is 0 Å². The van der Waals surface area contributed by atoms with Crippen LogP contribution in [-0.4, -0.2) is 61.6 Å². The van der Waals surface area contributed by atoms with Gasteiger partial charge in [-0.3, -0.25) is 4.79 Å². The Balaban J connectivity index is 1.68. The molecule has 154 valence electrons. The number of nitrogens with one attached hydrogen (secondary N) is 2. The average molecular weight is 401 g/mol. The number of carbonyl (C=O) groups excluding carboxylic acids is 2. The molecule has 3 amide bonds. The second kappa shape index (κ2) is 7.03. The van der Waals surface area contributed by atoms with Crippen LogP contribution < -0.4 is 10.2 Å². The van der Waals surface area contributed by atoms with Crippen LogP contribution in [0.4, 0.5) is 4.79 Å². The van der Waals surface area contributed by atoms with Crippen LogP contribution in [0.5, 0.6) is 0 Å². The minimum Gasteiger partial charge on any atom is -0.323 e. The van der Waals surface area contributed by atoms with Gasteiger partial charge in [-0.25, -0.2) is 18.1 Å². The molecule has 1 unspecified atom stereocenters. The van der Waals surface area contributed by atoms with Gasteiger partial charge in [0.2, 0.25) is 0 Å². The summed E-state index contributed by atoms with van der Waals surface area (Å²) in [4.78, 5) is 28.1. The van der Waals surface area contributed by atoms with Crippen LogP contribution in [0.25, 0.3) is 0 Å². The summed E-state index contributed by atoms with van der Waals surface area (Å²) in [6.45, 7) is 9.62. The number of sulfone groups is 1. The predicted octanol–water partition coefficient (Wildman–Crippen LogP) is 0.563. The molecule has 2 aliphatic heterocycles. The standard InChI is InChI=1S/C19H33N3O4S/c1-5-21(15-8-11-27(25,26)12-15)13-22-16(23)19(20-17(22)24)9-6-14(7-10-19)18(2,3)4/h14-15H,5-13H2,1-4H3,(H,20,24)/p+1/t14?,15-,19?/m1/s1. The monoisotopic (exact) mass is 400 g/mol. The van der Waals surface area contributed by atoms with Crippen molar-refractivity contribution in [2.24, 2.45) is 11.3 Å². The van der Waals surface area contributed by atoms with Gasteiger partial charge < -0.3 is 10.2 Å². The molecule has 1 spiro atoms. The van der Waals surface area contributed by atoms with Crippen LogP contribution >= 0.6 is 0 Å². The number of quaternary nitrogens is 1. The Bertz CT molecular complexity index is 705. The van der Waals surface area contributed by atoms with Gasteiger partial charge in [-0.2, -0.15) is 0 Å². The van der Waals surface area contributed by atoms with Gasteiger partial charge in [-0.1, -0.05) is 20.8 Å². The number of urea groups is 1. The van der Waals surface area contributed by atoms with E-state index in [1.54, 1.807) is 0 Å². The van der Waals surface area contributed by atoms with Gasteiger partial charge in [0.1, 0.15) is 17.3 Å². The Morgan fingerprint density at radius 1 is 1.19 bits per heavy atom. The largest absolute Gasteiger partial charge is 0.329 e. The van der Waals surface area contributed by atoms with Crippen LogP contribution in [0.15, 0.2) is 0 Å². The van der Waals surface area contributed by atoms with Gasteiger partial charge in [0, 0.05) is 6.42 Å². The van der Waals surface area contributed by atoms with Gasteiger partial charge >= 0.3 is 6.03 Å². The van der Waals surface area contributed by atoms with E-state index < -0.39 is 15.4 Å². The summed E-state index contributed by atoms with van der Waals surface area (Å²) in [5, 5.41) is 2.98. The van der Waals surface area contributed by atoms with E-state index in [1.165, 1.54) is 4.90 Å². The Morgan fingerprint density at radius 2 is 1.81 bits per heavy atom. The second-order valence-electron chi connectivity index (χ2n) is 9.66. The summed E-state index contributed by atoms with van der Waals surface area (Å²) in [7, 11) is -2.98. The zero-order valence-electron chi connectivity index (χ0n) is 17.0. The van der Waals surface area contributed by atoms with Gasteiger partial charge in [0.25, 0.3) is 5.91 Å². The lowest BCUT2D eigenvalue weighted by atomic mass is 9.67. The lowest BCUT2D eigenvalue weighted by molar-refractivity contribution is -0.927. The minimum absolute atomic E-state index is 0.0335. The zero-order chi connectivity index (χ0) is 20.0. The molecule has 2 N–H and O–H groups in total. The molecule has 0 aromatic rings. The van der Waals surface area contributed by atoms with Crippen molar-refractivity contribution in [2.45, 2.75) is 71.4 Å². The van der Waals surface area contributed by atoms with Crippen LogP contribution in [0, 0.1) is 11.3 Å². The SMILES string of the molecule is CC[NH+](CN1C(=O)NC2(CCC(C(C)(C)C)CC2)C1=O)[C@@H]1CCS(=O)(=O)C1. The molecule has 3 rings (SSSR count). The zero-order valence-corrected chi connectivity index (χ0v) is 17.8. The molecule has 2 atom stereocenters. The number of imide groups is 1. The first-order valence-corrected chi connectivity index (χ1v) is 12.0. The van der Waals surface area contributed by atoms with Crippen LogP contribution in [0.1, 0.15) is 59.8 Å². The molecule has 0 bridgehead atoms. The predicted molar refractivity (Wildman–Crippen MR) is 103 cm³/mol. The minimum atomic E-state index is -2.98. The molecule has 0 aromatic heterocycles. The Morgan fingerprint density at radius 3 is 2.30 bits per heavy atom. The summed E-state index contributed by atoms with van der Waals surface area (Å²) < 4.78 is 23.6. The fraction of sp³-hybridized carbons (Fsp3) is 0.895. The quantitative estimate of drug-likeness (QED) is 0.675.